The maximum absolute atomic E-state index is 13.1. The van der Waals surface area contributed by atoms with Crippen LogP contribution >= 0.6 is 0 Å². The minimum absolute atomic E-state index is 0.00360. The SMILES string of the molecule is CC(NC(=O)CN1CCOC(c2ccc(F)cc2)C1)c1ccccc1. The molecule has 1 heterocycles. The van der Waals surface area contributed by atoms with Crippen LogP contribution in [0.4, 0.5) is 4.39 Å². The number of carbonyl (C=O) groups excluding carboxylic acids is 1. The second-order valence-corrected chi connectivity index (χ2v) is 6.35. The lowest BCUT2D eigenvalue weighted by Gasteiger charge is -2.33. The number of ether oxygens (including phenoxy) is 1. The van der Waals surface area contributed by atoms with E-state index < -0.39 is 0 Å². The van der Waals surface area contributed by atoms with E-state index in [1.165, 1.54) is 12.1 Å². The van der Waals surface area contributed by atoms with Gasteiger partial charge in [0.15, 0.2) is 0 Å². The second-order valence-electron chi connectivity index (χ2n) is 6.35. The van der Waals surface area contributed by atoms with Gasteiger partial charge in [-0.2, -0.15) is 0 Å². The predicted molar refractivity (Wildman–Crippen MR) is 94.5 cm³/mol. The number of morpholine rings is 1. The van der Waals surface area contributed by atoms with Gasteiger partial charge in [0, 0.05) is 13.1 Å². The van der Waals surface area contributed by atoms with Gasteiger partial charge in [-0.15, -0.1) is 0 Å². The number of rotatable bonds is 5. The van der Waals surface area contributed by atoms with E-state index >= 15 is 0 Å². The van der Waals surface area contributed by atoms with E-state index in [0.717, 1.165) is 11.1 Å². The Balaban J connectivity index is 1.53. The Hall–Kier alpha value is -2.24. The zero-order valence-corrected chi connectivity index (χ0v) is 14.3. The normalized spacial score (nSPS) is 19.4. The molecule has 2 aromatic carbocycles. The molecular weight excluding hydrogens is 319 g/mol. The molecule has 2 unspecified atom stereocenters. The van der Waals surface area contributed by atoms with Crippen molar-refractivity contribution in [2.24, 2.45) is 0 Å². The number of hydrogen-bond donors (Lipinski definition) is 1. The summed E-state index contributed by atoms with van der Waals surface area (Å²) in [6, 6.07) is 16.2. The predicted octanol–water partition coefficient (Wildman–Crippen LogP) is 3.08. The Kier molecular flexibility index (Phi) is 5.79. The van der Waals surface area contributed by atoms with Gasteiger partial charge in [0.1, 0.15) is 5.82 Å². The first-order valence-corrected chi connectivity index (χ1v) is 8.55. The van der Waals surface area contributed by atoms with Crippen LogP contribution in [0.2, 0.25) is 0 Å². The largest absolute Gasteiger partial charge is 0.371 e. The summed E-state index contributed by atoms with van der Waals surface area (Å²) in [6.45, 7) is 4.21. The molecular formula is C20H23FN2O2. The zero-order chi connectivity index (χ0) is 17.6. The van der Waals surface area contributed by atoms with E-state index in [1.54, 1.807) is 12.1 Å². The van der Waals surface area contributed by atoms with E-state index in [4.69, 9.17) is 4.74 Å². The van der Waals surface area contributed by atoms with Crippen molar-refractivity contribution in [1.29, 1.82) is 0 Å². The summed E-state index contributed by atoms with van der Waals surface area (Å²) in [5, 5.41) is 3.03. The highest BCUT2D eigenvalue weighted by molar-refractivity contribution is 5.78. The molecule has 0 aliphatic carbocycles. The lowest BCUT2D eigenvalue weighted by molar-refractivity contribution is -0.125. The molecule has 1 amide bonds. The average Bonchev–Trinajstić information content (AvgIpc) is 2.63. The topological polar surface area (TPSA) is 41.6 Å². The Bertz CT molecular complexity index is 691. The smallest absolute Gasteiger partial charge is 0.234 e. The van der Waals surface area contributed by atoms with Crippen molar-refractivity contribution in [3.05, 3.63) is 71.5 Å². The van der Waals surface area contributed by atoms with Gasteiger partial charge >= 0.3 is 0 Å². The summed E-state index contributed by atoms with van der Waals surface area (Å²) in [5.41, 5.74) is 2.02. The van der Waals surface area contributed by atoms with Crippen LogP contribution in [-0.2, 0) is 9.53 Å². The van der Waals surface area contributed by atoms with E-state index in [0.29, 0.717) is 26.2 Å². The third kappa shape index (κ3) is 4.87. The van der Waals surface area contributed by atoms with Gasteiger partial charge in [0.2, 0.25) is 5.91 Å². The molecule has 2 aromatic rings. The second kappa shape index (κ2) is 8.23. The van der Waals surface area contributed by atoms with Crippen LogP contribution in [0.3, 0.4) is 0 Å². The molecule has 2 atom stereocenters. The van der Waals surface area contributed by atoms with Gasteiger partial charge in [-0.3, -0.25) is 9.69 Å². The molecule has 3 rings (SSSR count). The molecule has 0 aromatic heterocycles. The highest BCUT2D eigenvalue weighted by atomic mass is 19.1. The Morgan fingerprint density at radius 2 is 1.96 bits per heavy atom. The Labute approximate surface area is 147 Å². The standard InChI is InChI=1S/C20H23FN2O2/c1-15(16-5-3-2-4-6-16)22-20(24)14-23-11-12-25-19(13-23)17-7-9-18(21)10-8-17/h2-10,15,19H,11-14H2,1H3,(H,22,24). The highest BCUT2D eigenvalue weighted by Gasteiger charge is 2.24. The van der Waals surface area contributed by atoms with Gasteiger partial charge in [-0.05, 0) is 30.2 Å². The van der Waals surface area contributed by atoms with Crippen LogP contribution < -0.4 is 5.32 Å². The van der Waals surface area contributed by atoms with Crippen LogP contribution in [0.1, 0.15) is 30.2 Å². The number of nitrogens with zero attached hydrogens (tertiary/aromatic N) is 1. The first-order chi connectivity index (χ1) is 12.1. The number of halogens is 1. The van der Waals surface area contributed by atoms with Crippen molar-refractivity contribution in [1.82, 2.24) is 10.2 Å². The van der Waals surface area contributed by atoms with Crippen LogP contribution in [-0.4, -0.2) is 37.0 Å². The van der Waals surface area contributed by atoms with Crippen molar-refractivity contribution in [2.75, 3.05) is 26.2 Å². The fourth-order valence-electron chi connectivity index (χ4n) is 3.04. The van der Waals surface area contributed by atoms with Crippen molar-refractivity contribution in [3.8, 4) is 0 Å². The number of benzene rings is 2. The minimum atomic E-state index is -0.259. The molecule has 1 fully saturated rings. The molecule has 0 bridgehead atoms. The lowest BCUT2D eigenvalue weighted by Crippen LogP contribution is -2.44. The molecule has 4 nitrogen and oxygen atoms in total. The van der Waals surface area contributed by atoms with Crippen molar-refractivity contribution < 1.29 is 13.9 Å². The van der Waals surface area contributed by atoms with E-state index in [2.05, 4.69) is 10.2 Å². The molecule has 1 aliphatic heterocycles. The third-order valence-corrected chi connectivity index (χ3v) is 4.44. The van der Waals surface area contributed by atoms with E-state index in [1.807, 2.05) is 37.3 Å². The van der Waals surface area contributed by atoms with Gasteiger partial charge in [0.25, 0.3) is 0 Å². The quantitative estimate of drug-likeness (QED) is 0.908. The summed E-state index contributed by atoms with van der Waals surface area (Å²) >= 11 is 0. The van der Waals surface area contributed by atoms with Gasteiger partial charge in [0.05, 0.1) is 25.3 Å². The van der Waals surface area contributed by atoms with Crippen molar-refractivity contribution >= 4 is 5.91 Å². The molecule has 5 heteroatoms. The van der Waals surface area contributed by atoms with Gasteiger partial charge < -0.3 is 10.1 Å². The lowest BCUT2D eigenvalue weighted by atomic mass is 10.1. The molecule has 0 saturated carbocycles. The Morgan fingerprint density at radius 3 is 2.68 bits per heavy atom. The first-order valence-electron chi connectivity index (χ1n) is 8.55. The fourth-order valence-corrected chi connectivity index (χ4v) is 3.04. The van der Waals surface area contributed by atoms with Crippen LogP contribution in [0, 0.1) is 5.82 Å². The van der Waals surface area contributed by atoms with E-state index in [-0.39, 0.29) is 23.9 Å². The molecule has 1 N–H and O–H groups in total. The zero-order valence-electron chi connectivity index (χ0n) is 14.3. The summed E-state index contributed by atoms with van der Waals surface area (Å²) < 4.78 is 18.8. The van der Waals surface area contributed by atoms with Crippen LogP contribution in [0.25, 0.3) is 0 Å². The number of nitrogens with one attached hydrogen (secondary N) is 1. The summed E-state index contributed by atoms with van der Waals surface area (Å²) in [6.07, 6.45) is -0.131. The average molecular weight is 342 g/mol. The molecule has 25 heavy (non-hydrogen) atoms. The first kappa shape index (κ1) is 17.6. The summed E-state index contributed by atoms with van der Waals surface area (Å²) in [5.74, 6) is -0.262. The number of amides is 1. The summed E-state index contributed by atoms with van der Waals surface area (Å²) in [4.78, 5) is 14.4. The summed E-state index contributed by atoms with van der Waals surface area (Å²) in [7, 11) is 0. The van der Waals surface area contributed by atoms with Crippen molar-refractivity contribution in [3.63, 3.8) is 0 Å². The molecule has 0 radical (unpaired) electrons. The molecule has 132 valence electrons. The molecule has 1 aliphatic rings. The monoisotopic (exact) mass is 342 g/mol. The maximum atomic E-state index is 13.1. The minimum Gasteiger partial charge on any atom is -0.371 e. The fraction of sp³-hybridized carbons (Fsp3) is 0.350. The van der Waals surface area contributed by atoms with Crippen LogP contribution in [0.5, 0.6) is 0 Å². The molecule has 1 saturated heterocycles. The maximum Gasteiger partial charge on any atom is 0.234 e. The van der Waals surface area contributed by atoms with Crippen molar-refractivity contribution in [2.45, 2.75) is 19.1 Å². The molecule has 0 spiro atoms. The van der Waals surface area contributed by atoms with E-state index in [9.17, 15) is 9.18 Å². The Morgan fingerprint density at radius 1 is 1.24 bits per heavy atom. The number of hydrogen-bond acceptors (Lipinski definition) is 3. The third-order valence-electron chi connectivity index (χ3n) is 4.44. The number of carbonyl (C=O) groups is 1. The van der Waals surface area contributed by atoms with Gasteiger partial charge in [-0.25, -0.2) is 4.39 Å². The van der Waals surface area contributed by atoms with Crippen LogP contribution in [0.15, 0.2) is 54.6 Å². The highest BCUT2D eigenvalue weighted by Crippen LogP contribution is 2.22. The van der Waals surface area contributed by atoms with Gasteiger partial charge in [-0.1, -0.05) is 42.5 Å².